The minimum Gasteiger partial charge on any atom is -0.484 e. The monoisotopic (exact) mass is 436 g/mol. The van der Waals surface area contributed by atoms with E-state index < -0.39 is 35.8 Å². The van der Waals surface area contributed by atoms with Crippen molar-refractivity contribution in [1.29, 1.82) is 0 Å². The van der Waals surface area contributed by atoms with Crippen molar-refractivity contribution in [3.63, 3.8) is 0 Å². The number of nitrogens with zero attached hydrogens (tertiary/aromatic N) is 1. The summed E-state index contributed by atoms with van der Waals surface area (Å²) < 4.78 is 43.1. The molecule has 1 saturated heterocycles. The van der Waals surface area contributed by atoms with Gasteiger partial charge in [0.15, 0.2) is 12.1 Å². The number of carboxylic acid groups (broad SMARTS) is 1. The zero-order valence-corrected chi connectivity index (χ0v) is 16.7. The zero-order valence-electron chi connectivity index (χ0n) is 16.7. The lowest BCUT2D eigenvalue weighted by Gasteiger charge is -2.40. The van der Waals surface area contributed by atoms with Crippen LogP contribution < -0.4 is 10.1 Å². The van der Waals surface area contributed by atoms with Gasteiger partial charge in [-0.2, -0.15) is 13.2 Å². The van der Waals surface area contributed by atoms with Crippen LogP contribution in [0.3, 0.4) is 0 Å². The normalized spacial score (nSPS) is 19.6. The Kier molecular flexibility index (Phi) is 6.84. The third kappa shape index (κ3) is 5.97. The van der Waals surface area contributed by atoms with Crippen LogP contribution in [0, 0.1) is 0 Å². The summed E-state index contributed by atoms with van der Waals surface area (Å²) in [5, 5.41) is 12.4. The molecule has 6 nitrogen and oxygen atoms in total. The average Bonchev–Trinajstić information content (AvgIpc) is 2.73. The van der Waals surface area contributed by atoms with Gasteiger partial charge in [0.05, 0.1) is 5.56 Å². The van der Waals surface area contributed by atoms with Crippen LogP contribution in [0.1, 0.15) is 24.0 Å². The molecule has 1 aliphatic rings. The van der Waals surface area contributed by atoms with E-state index in [9.17, 15) is 27.9 Å². The molecule has 166 valence electrons. The van der Waals surface area contributed by atoms with Gasteiger partial charge in [0.1, 0.15) is 5.75 Å². The Bertz CT molecular complexity index is 903. The Morgan fingerprint density at radius 2 is 1.77 bits per heavy atom. The number of hydrogen-bond acceptors (Lipinski definition) is 4. The Hall–Kier alpha value is -3.07. The van der Waals surface area contributed by atoms with Crippen LogP contribution in [0.15, 0.2) is 54.6 Å². The summed E-state index contributed by atoms with van der Waals surface area (Å²) in [5.41, 5.74) is -1.23. The van der Waals surface area contributed by atoms with Gasteiger partial charge in [-0.1, -0.05) is 30.3 Å². The van der Waals surface area contributed by atoms with Gasteiger partial charge in [-0.05, 0) is 49.2 Å². The fourth-order valence-corrected chi connectivity index (χ4v) is 3.64. The van der Waals surface area contributed by atoms with Crippen LogP contribution >= 0.6 is 0 Å². The van der Waals surface area contributed by atoms with E-state index in [1.165, 1.54) is 0 Å². The molecule has 9 heteroatoms. The topological polar surface area (TPSA) is 78.9 Å². The molecular formula is C22H23F3N2O4. The lowest BCUT2D eigenvalue weighted by molar-refractivity contribution is -0.151. The standard InChI is InChI=1S/C22H23F3N2O4/c23-22(24,25)17-7-9-18(10-8-17)31-14-19(28)26-21(20(29)30)11-4-12-27(15-21)13-16-5-2-1-3-6-16/h1-3,5-10H,4,11-15H2,(H,26,28)(H,29,30)/t21-/m1/s1. The van der Waals surface area contributed by atoms with Gasteiger partial charge >= 0.3 is 12.1 Å². The Labute approximate surface area is 177 Å². The van der Waals surface area contributed by atoms with Crippen molar-refractivity contribution in [3.8, 4) is 5.75 Å². The zero-order chi connectivity index (χ0) is 22.5. The van der Waals surface area contributed by atoms with Crippen molar-refractivity contribution in [2.75, 3.05) is 19.7 Å². The minimum absolute atomic E-state index is 0.0851. The lowest BCUT2D eigenvalue weighted by Crippen LogP contribution is -2.63. The van der Waals surface area contributed by atoms with E-state index in [1.54, 1.807) is 0 Å². The number of hydrogen-bond donors (Lipinski definition) is 2. The molecule has 0 bridgehead atoms. The molecule has 1 aliphatic heterocycles. The van der Waals surface area contributed by atoms with Crippen LogP contribution in [0.25, 0.3) is 0 Å². The van der Waals surface area contributed by atoms with E-state index in [2.05, 4.69) is 5.32 Å². The van der Waals surface area contributed by atoms with E-state index in [0.29, 0.717) is 19.5 Å². The summed E-state index contributed by atoms with van der Waals surface area (Å²) >= 11 is 0. The first kappa shape index (κ1) is 22.6. The van der Waals surface area contributed by atoms with E-state index in [0.717, 1.165) is 29.8 Å². The summed E-state index contributed by atoms with van der Waals surface area (Å²) in [4.78, 5) is 26.4. The van der Waals surface area contributed by atoms with Gasteiger partial charge in [0, 0.05) is 13.1 Å². The van der Waals surface area contributed by atoms with E-state index in [-0.39, 0.29) is 18.7 Å². The number of carboxylic acids is 1. The SMILES string of the molecule is O=C(COc1ccc(C(F)(F)F)cc1)N[C@]1(C(=O)O)CCCN(Cc2ccccc2)C1. The maximum absolute atomic E-state index is 12.6. The molecule has 3 rings (SSSR count). The number of amides is 1. The maximum Gasteiger partial charge on any atom is 0.416 e. The molecular weight excluding hydrogens is 413 g/mol. The van der Waals surface area contributed by atoms with Crippen molar-refractivity contribution in [2.24, 2.45) is 0 Å². The molecule has 1 atom stereocenters. The Morgan fingerprint density at radius 1 is 1.10 bits per heavy atom. The number of ether oxygens (including phenoxy) is 1. The first-order valence-electron chi connectivity index (χ1n) is 9.79. The Balaban J connectivity index is 1.59. The molecule has 0 saturated carbocycles. The van der Waals surface area contributed by atoms with Crippen molar-refractivity contribution >= 4 is 11.9 Å². The number of aliphatic carboxylic acids is 1. The van der Waals surface area contributed by atoms with Crippen LogP contribution in [0.2, 0.25) is 0 Å². The fraction of sp³-hybridized carbons (Fsp3) is 0.364. The largest absolute Gasteiger partial charge is 0.484 e. The molecule has 2 aromatic rings. The highest BCUT2D eigenvalue weighted by Crippen LogP contribution is 2.30. The van der Waals surface area contributed by atoms with E-state index >= 15 is 0 Å². The first-order chi connectivity index (χ1) is 14.7. The average molecular weight is 436 g/mol. The molecule has 0 radical (unpaired) electrons. The molecule has 2 N–H and O–H groups in total. The van der Waals surface area contributed by atoms with Gasteiger partial charge in [-0.25, -0.2) is 4.79 Å². The summed E-state index contributed by atoms with van der Waals surface area (Å²) in [7, 11) is 0. The van der Waals surface area contributed by atoms with Crippen molar-refractivity contribution in [2.45, 2.75) is 31.1 Å². The molecule has 31 heavy (non-hydrogen) atoms. The molecule has 2 aromatic carbocycles. The molecule has 0 aromatic heterocycles. The predicted octanol–water partition coefficient (Wildman–Crippen LogP) is 3.32. The van der Waals surface area contributed by atoms with Crippen LogP contribution in [0.5, 0.6) is 5.75 Å². The second kappa shape index (κ2) is 9.38. The van der Waals surface area contributed by atoms with Crippen molar-refractivity contribution in [3.05, 3.63) is 65.7 Å². The minimum atomic E-state index is -4.46. The lowest BCUT2D eigenvalue weighted by atomic mass is 9.88. The molecule has 1 heterocycles. The maximum atomic E-state index is 12.6. The molecule has 0 spiro atoms. The number of carbonyl (C=O) groups excluding carboxylic acids is 1. The molecule has 0 aliphatic carbocycles. The Morgan fingerprint density at radius 3 is 2.39 bits per heavy atom. The summed E-state index contributed by atoms with van der Waals surface area (Å²) in [5.74, 6) is -1.70. The van der Waals surface area contributed by atoms with Gasteiger partial charge in [-0.3, -0.25) is 9.69 Å². The summed E-state index contributed by atoms with van der Waals surface area (Å²) in [6, 6.07) is 13.6. The van der Waals surface area contributed by atoms with Gasteiger partial charge in [-0.15, -0.1) is 0 Å². The number of rotatable bonds is 7. The van der Waals surface area contributed by atoms with Gasteiger partial charge in [0.2, 0.25) is 0 Å². The highest BCUT2D eigenvalue weighted by atomic mass is 19.4. The number of benzene rings is 2. The van der Waals surface area contributed by atoms with Crippen LogP contribution in [0.4, 0.5) is 13.2 Å². The smallest absolute Gasteiger partial charge is 0.416 e. The van der Waals surface area contributed by atoms with Crippen molar-refractivity contribution in [1.82, 2.24) is 10.2 Å². The highest BCUT2D eigenvalue weighted by molar-refractivity contribution is 5.88. The second-order valence-corrected chi connectivity index (χ2v) is 7.55. The highest BCUT2D eigenvalue weighted by Gasteiger charge is 2.43. The first-order valence-corrected chi connectivity index (χ1v) is 9.79. The number of likely N-dealkylation sites (tertiary alicyclic amines) is 1. The number of alkyl halides is 3. The molecule has 0 unspecified atom stereocenters. The van der Waals surface area contributed by atoms with E-state index in [4.69, 9.17) is 4.74 Å². The predicted molar refractivity (Wildman–Crippen MR) is 106 cm³/mol. The summed E-state index contributed by atoms with van der Waals surface area (Å²) in [6.45, 7) is 0.915. The molecule has 1 amide bonds. The van der Waals surface area contributed by atoms with Gasteiger partial charge < -0.3 is 15.2 Å². The van der Waals surface area contributed by atoms with Gasteiger partial charge in [0.25, 0.3) is 5.91 Å². The third-order valence-electron chi connectivity index (χ3n) is 5.16. The van der Waals surface area contributed by atoms with Crippen LogP contribution in [-0.4, -0.2) is 47.1 Å². The second-order valence-electron chi connectivity index (χ2n) is 7.55. The number of nitrogens with one attached hydrogen (secondary N) is 1. The summed E-state index contributed by atoms with van der Waals surface area (Å²) in [6.07, 6.45) is -3.59. The number of carbonyl (C=O) groups is 2. The fourth-order valence-electron chi connectivity index (χ4n) is 3.64. The van der Waals surface area contributed by atoms with Crippen LogP contribution in [-0.2, 0) is 22.3 Å². The van der Waals surface area contributed by atoms with Crippen molar-refractivity contribution < 1.29 is 32.6 Å². The third-order valence-corrected chi connectivity index (χ3v) is 5.16. The number of halogens is 3. The van der Waals surface area contributed by atoms with E-state index in [1.807, 2.05) is 35.2 Å². The number of piperidine rings is 1. The quantitative estimate of drug-likeness (QED) is 0.696. The molecule has 1 fully saturated rings.